The lowest BCUT2D eigenvalue weighted by atomic mass is 10.1. The number of fused-ring (bicyclic) bond motifs is 1. The first-order chi connectivity index (χ1) is 10.6. The third-order valence-corrected chi connectivity index (χ3v) is 5.05. The zero-order valence-corrected chi connectivity index (χ0v) is 13.4. The molecule has 6 heteroatoms. The lowest BCUT2D eigenvalue weighted by Crippen LogP contribution is -2.24. The monoisotopic (exact) mass is 317 g/mol. The summed E-state index contributed by atoms with van der Waals surface area (Å²) in [5, 5.41) is 2.85. The van der Waals surface area contributed by atoms with Gasteiger partial charge in [-0.1, -0.05) is 6.42 Å². The van der Waals surface area contributed by atoms with Crippen molar-refractivity contribution in [1.29, 1.82) is 0 Å². The molecule has 0 spiro atoms. The fraction of sp³-hybridized carbons (Fsp3) is 0.438. The third kappa shape index (κ3) is 3.44. The van der Waals surface area contributed by atoms with Crippen molar-refractivity contribution in [3.8, 4) is 0 Å². The number of thiophene rings is 1. The van der Waals surface area contributed by atoms with Gasteiger partial charge < -0.3 is 10.3 Å². The van der Waals surface area contributed by atoms with E-state index in [1.54, 1.807) is 18.3 Å². The highest BCUT2D eigenvalue weighted by atomic mass is 32.1. The fourth-order valence-electron chi connectivity index (χ4n) is 2.77. The van der Waals surface area contributed by atoms with Crippen LogP contribution in [0.3, 0.4) is 0 Å². The Hall–Kier alpha value is -1.95. The normalized spacial score (nSPS) is 14.2. The quantitative estimate of drug-likeness (QED) is 0.853. The van der Waals surface area contributed by atoms with Crippen molar-refractivity contribution < 1.29 is 4.79 Å². The molecule has 2 aromatic rings. The molecule has 0 bridgehead atoms. The second kappa shape index (κ2) is 6.44. The summed E-state index contributed by atoms with van der Waals surface area (Å²) < 4.78 is 0. The number of aromatic nitrogens is 2. The molecule has 2 heterocycles. The second-order valence-electron chi connectivity index (χ2n) is 5.62. The van der Waals surface area contributed by atoms with Crippen LogP contribution in [0, 0.1) is 6.92 Å². The van der Waals surface area contributed by atoms with Crippen molar-refractivity contribution in [3.63, 3.8) is 0 Å². The van der Waals surface area contributed by atoms with Gasteiger partial charge in [0.25, 0.3) is 11.5 Å². The zero-order chi connectivity index (χ0) is 15.5. The molecule has 0 saturated heterocycles. The standard InChI is InChI=1S/C16H19N3O2S/c1-10-18-12(8-15(20)19-10)9-17-16(21)14-7-11-5-3-2-4-6-13(11)22-14/h7-8H,2-6,9H2,1H3,(H,17,21)(H,18,19,20). The van der Waals surface area contributed by atoms with Crippen molar-refractivity contribution in [2.45, 2.75) is 45.6 Å². The van der Waals surface area contributed by atoms with Crippen LogP contribution in [-0.2, 0) is 19.4 Å². The molecule has 0 unspecified atom stereocenters. The minimum atomic E-state index is -0.195. The number of carbonyl (C=O) groups is 1. The van der Waals surface area contributed by atoms with Gasteiger partial charge >= 0.3 is 0 Å². The Morgan fingerprint density at radius 2 is 2.14 bits per heavy atom. The summed E-state index contributed by atoms with van der Waals surface area (Å²) in [5.74, 6) is 0.470. The fourth-order valence-corrected chi connectivity index (χ4v) is 3.94. The highest BCUT2D eigenvalue weighted by Crippen LogP contribution is 2.28. The maximum atomic E-state index is 12.3. The smallest absolute Gasteiger partial charge is 0.261 e. The van der Waals surface area contributed by atoms with Crippen LogP contribution in [-0.4, -0.2) is 15.9 Å². The molecule has 0 aliphatic heterocycles. The van der Waals surface area contributed by atoms with E-state index >= 15 is 0 Å². The van der Waals surface area contributed by atoms with Gasteiger partial charge in [0.2, 0.25) is 0 Å². The van der Waals surface area contributed by atoms with Crippen LogP contribution in [0.5, 0.6) is 0 Å². The molecule has 0 atom stereocenters. The Balaban J connectivity index is 1.68. The number of nitrogens with one attached hydrogen (secondary N) is 2. The highest BCUT2D eigenvalue weighted by Gasteiger charge is 2.16. The van der Waals surface area contributed by atoms with Gasteiger partial charge in [-0.05, 0) is 44.2 Å². The molecule has 2 N–H and O–H groups in total. The summed E-state index contributed by atoms with van der Waals surface area (Å²) in [7, 11) is 0. The summed E-state index contributed by atoms with van der Waals surface area (Å²) in [6.07, 6.45) is 5.86. The highest BCUT2D eigenvalue weighted by molar-refractivity contribution is 7.14. The maximum Gasteiger partial charge on any atom is 0.261 e. The van der Waals surface area contributed by atoms with Crippen LogP contribution in [0.2, 0.25) is 0 Å². The van der Waals surface area contributed by atoms with E-state index in [-0.39, 0.29) is 18.0 Å². The van der Waals surface area contributed by atoms with E-state index in [9.17, 15) is 9.59 Å². The number of hydrogen-bond acceptors (Lipinski definition) is 4. The van der Waals surface area contributed by atoms with Crippen molar-refractivity contribution in [2.24, 2.45) is 0 Å². The molecule has 0 fully saturated rings. The van der Waals surface area contributed by atoms with Crippen molar-refractivity contribution in [3.05, 3.63) is 49.3 Å². The number of rotatable bonds is 3. The number of aromatic amines is 1. The van der Waals surface area contributed by atoms with E-state index in [0.717, 1.165) is 17.7 Å². The van der Waals surface area contributed by atoms with Gasteiger partial charge in [0.15, 0.2) is 0 Å². The van der Waals surface area contributed by atoms with E-state index in [4.69, 9.17) is 0 Å². The molecular weight excluding hydrogens is 298 g/mol. The first-order valence-electron chi connectivity index (χ1n) is 7.58. The predicted molar refractivity (Wildman–Crippen MR) is 86.3 cm³/mol. The van der Waals surface area contributed by atoms with Crippen molar-refractivity contribution in [2.75, 3.05) is 0 Å². The van der Waals surface area contributed by atoms with Gasteiger partial charge in [-0.2, -0.15) is 0 Å². The molecule has 22 heavy (non-hydrogen) atoms. The molecule has 0 saturated carbocycles. The van der Waals surface area contributed by atoms with E-state index in [2.05, 4.69) is 15.3 Å². The number of carbonyl (C=O) groups excluding carboxylic acids is 1. The minimum absolute atomic E-state index is 0.0854. The predicted octanol–water partition coefficient (Wildman–Crippen LogP) is 2.34. The van der Waals surface area contributed by atoms with E-state index in [0.29, 0.717) is 11.5 Å². The second-order valence-corrected chi connectivity index (χ2v) is 6.76. The van der Waals surface area contributed by atoms with Gasteiger partial charge in [0.05, 0.1) is 17.1 Å². The molecule has 1 aliphatic carbocycles. The largest absolute Gasteiger partial charge is 0.346 e. The average molecular weight is 317 g/mol. The van der Waals surface area contributed by atoms with Crippen LogP contribution in [0.4, 0.5) is 0 Å². The Morgan fingerprint density at radius 1 is 1.32 bits per heavy atom. The first kappa shape index (κ1) is 15.0. The number of hydrogen-bond donors (Lipinski definition) is 2. The van der Waals surface area contributed by atoms with Crippen molar-refractivity contribution >= 4 is 17.2 Å². The molecule has 1 amide bonds. The summed E-state index contributed by atoms with van der Waals surface area (Å²) in [4.78, 5) is 32.6. The van der Waals surface area contributed by atoms with Gasteiger partial charge in [-0.25, -0.2) is 4.98 Å². The molecule has 1 aliphatic rings. The Morgan fingerprint density at radius 3 is 2.95 bits per heavy atom. The van der Waals surface area contributed by atoms with E-state index in [1.165, 1.54) is 35.8 Å². The van der Waals surface area contributed by atoms with Gasteiger partial charge in [0, 0.05) is 10.9 Å². The molecule has 3 rings (SSSR count). The zero-order valence-electron chi connectivity index (χ0n) is 12.6. The molecule has 2 aromatic heterocycles. The minimum Gasteiger partial charge on any atom is -0.346 e. The molecule has 0 aromatic carbocycles. The average Bonchev–Trinajstić information content (AvgIpc) is 2.75. The first-order valence-corrected chi connectivity index (χ1v) is 8.40. The topological polar surface area (TPSA) is 74.8 Å². The maximum absolute atomic E-state index is 12.3. The summed E-state index contributed by atoms with van der Waals surface area (Å²) in [6, 6.07) is 3.44. The summed E-state index contributed by atoms with van der Waals surface area (Å²) >= 11 is 1.60. The summed E-state index contributed by atoms with van der Waals surface area (Å²) in [5.41, 5.74) is 1.71. The van der Waals surface area contributed by atoms with Crippen LogP contribution >= 0.6 is 11.3 Å². The molecule has 0 radical (unpaired) electrons. The molecule has 116 valence electrons. The Kier molecular flexibility index (Phi) is 4.38. The van der Waals surface area contributed by atoms with Crippen LogP contribution in [0.25, 0.3) is 0 Å². The van der Waals surface area contributed by atoms with E-state index in [1.807, 2.05) is 6.07 Å². The van der Waals surface area contributed by atoms with Gasteiger partial charge in [-0.3, -0.25) is 9.59 Å². The SMILES string of the molecule is Cc1nc(CNC(=O)c2cc3c(s2)CCCCC3)cc(=O)[nH]1. The molecule has 5 nitrogen and oxygen atoms in total. The van der Waals surface area contributed by atoms with Crippen LogP contribution in [0.1, 0.15) is 50.9 Å². The number of aryl methyl sites for hydroxylation is 3. The lowest BCUT2D eigenvalue weighted by Gasteiger charge is -2.03. The van der Waals surface area contributed by atoms with Gasteiger partial charge in [-0.15, -0.1) is 11.3 Å². The van der Waals surface area contributed by atoms with Crippen LogP contribution in [0.15, 0.2) is 16.9 Å². The van der Waals surface area contributed by atoms with E-state index < -0.39 is 0 Å². The number of H-pyrrole nitrogens is 1. The van der Waals surface area contributed by atoms with Crippen molar-refractivity contribution in [1.82, 2.24) is 15.3 Å². The van der Waals surface area contributed by atoms with Crippen LogP contribution < -0.4 is 10.9 Å². The third-order valence-electron chi connectivity index (χ3n) is 3.81. The van der Waals surface area contributed by atoms with Gasteiger partial charge in [0.1, 0.15) is 5.82 Å². The lowest BCUT2D eigenvalue weighted by molar-refractivity contribution is 0.0954. The molecular formula is C16H19N3O2S. The Bertz CT molecular complexity index is 725. The summed E-state index contributed by atoms with van der Waals surface area (Å²) in [6.45, 7) is 2.00. The number of nitrogens with zero attached hydrogens (tertiary/aromatic N) is 1. The number of amides is 1. The Labute approximate surface area is 132 Å².